The van der Waals surface area contributed by atoms with Crippen molar-refractivity contribution in [2.75, 3.05) is 0 Å². The monoisotopic (exact) mass is 276 g/mol. The number of esters is 1. The summed E-state index contributed by atoms with van der Waals surface area (Å²) < 4.78 is 5.34. The molecular weight excluding hydrogens is 260 g/mol. The van der Waals surface area contributed by atoms with Crippen LogP contribution in [-0.4, -0.2) is 5.97 Å². The molecule has 3 rings (SSSR count). The summed E-state index contributed by atoms with van der Waals surface area (Å²) in [6.07, 6.45) is 4.32. The Morgan fingerprint density at radius 3 is 2.62 bits per heavy atom. The van der Waals surface area contributed by atoms with Crippen LogP contribution in [0, 0.1) is 6.92 Å². The third-order valence-corrected chi connectivity index (χ3v) is 3.36. The zero-order valence-corrected chi connectivity index (χ0v) is 11.9. The van der Waals surface area contributed by atoms with Gasteiger partial charge >= 0.3 is 5.97 Å². The number of carbonyl (C=O) groups is 1. The molecule has 0 saturated carbocycles. The van der Waals surface area contributed by atoms with Crippen LogP contribution in [0.15, 0.2) is 72.0 Å². The average molecular weight is 276 g/mol. The lowest BCUT2D eigenvalue weighted by Gasteiger charge is -2.02. The van der Waals surface area contributed by atoms with Crippen molar-refractivity contribution in [3.63, 3.8) is 0 Å². The summed E-state index contributed by atoms with van der Waals surface area (Å²) in [4.78, 5) is 11.9. The molecule has 0 amide bonds. The third-order valence-electron chi connectivity index (χ3n) is 3.36. The second-order valence-corrected chi connectivity index (χ2v) is 5.18. The van der Waals surface area contributed by atoms with Crippen LogP contribution in [0.3, 0.4) is 0 Å². The Hall–Kier alpha value is -2.61. The van der Waals surface area contributed by atoms with E-state index in [1.54, 1.807) is 0 Å². The van der Waals surface area contributed by atoms with E-state index in [-0.39, 0.29) is 5.97 Å². The molecule has 0 fully saturated rings. The van der Waals surface area contributed by atoms with Crippen molar-refractivity contribution < 1.29 is 9.53 Å². The van der Waals surface area contributed by atoms with Crippen molar-refractivity contribution in [1.29, 1.82) is 0 Å². The molecule has 0 radical (unpaired) electrons. The van der Waals surface area contributed by atoms with Crippen molar-refractivity contribution >= 4 is 12.0 Å². The summed E-state index contributed by atoms with van der Waals surface area (Å²) in [5.41, 5.74) is 3.95. The SMILES string of the molecule is Cc1cccc(CC2=C/C(=C\c3ccccc3)C(=O)O2)c1. The van der Waals surface area contributed by atoms with Gasteiger partial charge in [0.25, 0.3) is 0 Å². The average Bonchev–Trinajstić information content (AvgIpc) is 2.80. The van der Waals surface area contributed by atoms with Gasteiger partial charge in [-0.1, -0.05) is 60.2 Å². The molecule has 0 saturated heterocycles. The predicted octanol–water partition coefficient (Wildman–Crippen LogP) is 4.06. The van der Waals surface area contributed by atoms with Crippen molar-refractivity contribution in [2.45, 2.75) is 13.3 Å². The lowest BCUT2D eigenvalue weighted by atomic mass is 10.1. The molecule has 0 N–H and O–H groups in total. The summed E-state index contributed by atoms with van der Waals surface area (Å²) >= 11 is 0. The number of benzene rings is 2. The lowest BCUT2D eigenvalue weighted by molar-refractivity contribution is -0.133. The van der Waals surface area contributed by atoms with Crippen LogP contribution in [-0.2, 0) is 16.0 Å². The van der Waals surface area contributed by atoms with Gasteiger partial charge in [-0.2, -0.15) is 0 Å². The fraction of sp³-hybridized carbons (Fsp3) is 0.105. The quantitative estimate of drug-likeness (QED) is 0.624. The summed E-state index contributed by atoms with van der Waals surface area (Å²) in [5, 5.41) is 0. The van der Waals surface area contributed by atoms with E-state index in [2.05, 4.69) is 19.1 Å². The van der Waals surface area contributed by atoms with Gasteiger partial charge in [-0.25, -0.2) is 4.79 Å². The Kier molecular flexibility index (Phi) is 3.69. The van der Waals surface area contributed by atoms with Gasteiger partial charge in [0.1, 0.15) is 5.76 Å². The van der Waals surface area contributed by atoms with E-state index in [1.807, 2.05) is 54.6 Å². The molecule has 0 bridgehead atoms. The van der Waals surface area contributed by atoms with Crippen LogP contribution >= 0.6 is 0 Å². The number of ether oxygens (including phenoxy) is 1. The summed E-state index contributed by atoms with van der Waals surface area (Å²) in [7, 11) is 0. The molecule has 2 heteroatoms. The number of carbonyl (C=O) groups excluding carboxylic acids is 1. The topological polar surface area (TPSA) is 26.3 Å². The maximum atomic E-state index is 11.9. The molecule has 0 aliphatic carbocycles. The zero-order valence-electron chi connectivity index (χ0n) is 11.9. The van der Waals surface area contributed by atoms with Crippen LogP contribution in [0.4, 0.5) is 0 Å². The van der Waals surface area contributed by atoms with Crippen molar-refractivity contribution in [3.8, 4) is 0 Å². The highest BCUT2D eigenvalue weighted by atomic mass is 16.5. The predicted molar refractivity (Wildman–Crippen MR) is 83.5 cm³/mol. The Labute approximate surface area is 124 Å². The first-order valence-corrected chi connectivity index (χ1v) is 6.96. The van der Waals surface area contributed by atoms with Crippen LogP contribution in [0.2, 0.25) is 0 Å². The molecule has 21 heavy (non-hydrogen) atoms. The highest BCUT2D eigenvalue weighted by Gasteiger charge is 2.20. The number of rotatable bonds is 3. The fourth-order valence-corrected chi connectivity index (χ4v) is 2.38. The second kappa shape index (κ2) is 5.80. The molecule has 0 spiro atoms. The molecule has 1 heterocycles. The number of hydrogen-bond acceptors (Lipinski definition) is 2. The van der Waals surface area contributed by atoms with Gasteiger partial charge in [-0.05, 0) is 30.2 Å². The molecule has 2 aromatic rings. The highest BCUT2D eigenvalue weighted by Crippen LogP contribution is 2.23. The number of cyclic esters (lactones) is 1. The lowest BCUT2D eigenvalue weighted by Crippen LogP contribution is -1.99. The molecule has 2 aromatic carbocycles. The van der Waals surface area contributed by atoms with E-state index in [0.717, 1.165) is 11.1 Å². The zero-order chi connectivity index (χ0) is 14.7. The maximum Gasteiger partial charge on any atom is 0.343 e. The van der Waals surface area contributed by atoms with Crippen LogP contribution in [0.5, 0.6) is 0 Å². The van der Waals surface area contributed by atoms with E-state index in [4.69, 9.17) is 4.74 Å². The first kappa shape index (κ1) is 13.4. The van der Waals surface area contributed by atoms with E-state index in [1.165, 1.54) is 5.56 Å². The standard InChI is InChI=1S/C19H16O2/c1-14-6-5-9-16(10-14)12-18-13-17(19(20)21-18)11-15-7-3-2-4-8-15/h2-11,13H,12H2,1H3/b17-11+. The minimum atomic E-state index is -0.276. The molecule has 0 atom stereocenters. The molecule has 104 valence electrons. The summed E-state index contributed by atoms with van der Waals surface area (Å²) in [6.45, 7) is 2.05. The number of aryl methyl sites for hydroxylation is 1. The van der Waals surface area contributed by atoms with Gasteiger partial charge < -0.3 is 4.74 Å². The van der Waals surface area contributed by atoms with E-state index in [9.17, 15) is 4.79 Å². The maximum absolute atomic E-state index is 11.9. The van der Waals surface area contributed by atoms with Crippen molar-refractivity contribution in [1.82, 2.24) is 0 Å². The van der Waals surface area contributed by atoms with Crippen molar-refractivity contribution in [3.05, 3.63) is 88.7 Å². The van der Waals surface area contributed by atoms with Crippen molar-refractivity contribution in [2.24, 2.45) is 0 Å². The normalized spacial score (nSPS) is 16.0. The summed E-state index contributed by atoms with van der Waals surface area (Å²) in [6, 6.07) is 18.0. The van der Waals surface area contributed by atoms with Crippen LogP contribution in [0.1, 0.15) is 16.7 Å². The molecular formula is C19H16O2. The number of hydrogen-bond donors (Lipinski definition) is 0. The second-order valence-electron chi connectivity index (χ2n) is 5.18. The molecule has 1 aliphatic rings. The Morgan fingerprint density at radius 2 is 1.86 bits per heavy atom. The summed E-state index contributed by atoms with van der Waals surface area (Å²) in [5.74, 6) is 0.425. The van der Waals surface area contributed by atoms with Gasteiger partial charge in [0.05, 0.1) is 5.57 Å². The highest BCUT2D eigenvalue weighted by molar-refractivity contribution is 5.99. The van der Waals surface area contributed by atoms with E-state index < -0.39 is 0 Å². The largest absolute Gasteiger partial charge is 0.427 e. The van der Waals surface area contributed by atoms with E-state index >= 15 is 0 Å². The fourth-order valence-electron chi connectivity index (χ4n) is 2.38. The molecule has 0 unspecified atom stereocenters. The van der Waals surface area contributed by atoms with Gasteiger partial charge in [-0.3, -0.25) is 0 Å². The van der Waals surface area contributed by atoms with Crippen LogP contribution in [0.25, 0.3) is 6.08 Å². The van der Waals surface area contributed by atoms with Crippen LogP contribution < -0.4 is 0 Å². The molecule has 0 aromatic heterocycles. The molecule has 2 nitrogen and oxygen atoms in total. The van der Waals surface area contributed by atoms with Gasteiger partial charge in [0.2, 0.25) is 0 Å². The third kappa shape index (κ3) is 3.29. The minimum Gasteiger partial charge on any atom is -0.427 e. The number of allylic oxidation sites excluding steroid dienone is 1. The van der Waals surface area contributed by atoms with Gasteiger partial charge in [0.15, 0.2) is 0 Å². The Balaban J connectivity index is 1.81. The first-order chi connectivity index (χ1) is 10.2. The molecule has 1 aliphatic heterocycles. The van der Waals surface area contributed by atoms with E-state index in [0.29, 0.717) is 17.8 Å². The minimum absolute atomic E-state index is 0.276. The van der Waals surface area contributed by atoms with Gasteiger partial charge in [-0.15, -0.1) is 0 Å². The Bertz CT molecular complexity index is 724. The smallest absolute Gasteiger partial charge is 0.343 e. The van der Waals surface area contributed by atoms with Gasteiger partial charge in [0, 0.05) is 6.42 Å². The first-order valence-electron chi connectivity index (χ1n) is 6.96. The Morgan fingerprint density at radius 1 is 1.05 bits per heavy atom.